The molecule has 0 unspecified atom stereocenters. The van der Waals surface area contributed by atoms with Gasteiger partial charge in [0.2, 0.25) is 5.91 Å². The van der Waals surface area contributed by atoms with Crippen molar-refractivity contribution in [3.8, 4) is 0 Å². The van der Waals surface area contributed by atoms with Crippen LogP contribution in [-0.2, 0) is 11.3 Å². The summed E-state index contributed by atoms with van der Waals surface area (Å²) in [6, 6.07) is 1.61. The molecule has 110 valence electrons. The molecule has 0 aliphatic carbocycles. The quantitative estimate of drug-likeness (QED) is 0.747. The predicted octanol–water partition coefficient (Wildman–Crippen LogP) is -1.23. The van der Waals surface area contributed by atoms with E-state index in [1.165, 1.54) is 17.0 Å². The van der Waals surface area contributed by atoms with E-state index in [1.807, 2.05) is 19.0 Å². The molecule has 2 heterocycles. The number of hydrogen-bond donors (Lipinski definition) is 1. The van der Waals surface area contributed by atoms with Gasteiger partial charge in [-0.1, -0.05) is 0 Å². The Bertz CT molecular complexity index is 542. The molecule has 20 heavy (non-hydrogen) atoms. The van der Waals surface area contributed by atoms with E-state index < -0.39 is 11.3 Å². The van der Waals surface area contributed by atoms with Crippen LogP contribution in [0, 0.1) is 0 Å². The Hall–Kier alpha value is -1.73. The van der Waals surface area contributed by atoms with Crippen molar-refractivity contribution in [2.24, 2.45) is 0 Å². The van der Waals surface area contributed by atoms with E-state index >= 15 is 0 Å². The molecule has 1 aliphatic heterocycles. The third kappa shape index (κ3) is 3.43. The number of β-amino-alcohol motifs (C(OH)–C–C–N with tert-alkyl or cyclic N) is 1. The van der Waals surface area contributed by atoms with Crippen LogP contribution in [-0.4, -0.2) is 69.7 Å². The SMILES string of the molecule is CN(C)C[C@]1(O)CCN(C(=O)Cn2cccnc2=O)C1. The summed E-state index contributed by atoms with van der Waals surface area (Å²) in [7, 11) is 3.77. The largest absolute Gasteiger partial charge is 0.387 e. The van der Waals surface area contributed by atoms with Crippen molar-refractivity contribution in [2.45, 2.75) is 18.6 Å². The molecule has 1 amide bonds. The van der Waals surface area contributed by atoms with Crippen LogP contribution in [0.15, 0.2) is 23.3 Å². The van der Waals surface area contributed by atoms with Gasteiger partial charge in [-0.25, -0.2) is 9.78 Å². The first-order valence-electron chi connectivity index (χ1n) is 6.56. The maximum Gasteiger partial charge on any atom is 0.347 e. The van der Waals surface area contributed by atoms with Crippen LogP contribution in [0.4, 0.5) is 0 Å². The lowest BCUT2D eigenvalue weighted by molar-refractivity contribution is -0.132. The fourth-order valence-electron chi connectivity index (χ4n) is 2.54. The summed E-state index contributed by atoms with van der Waals surface area (Å²) in [5.41, 5.74) is -1.30. The van der Waals surface area contributed by atoms with Gasteiger partial charge in [-0.2, -0.15) is 0 Å². The summed E-state index contributed by atoms with van der Waals surface area (Å²) in [6.45, 7) is 1.30. The molecule has 7 nitrogen and oxygen atoms in total. The van der Waals surface area contributed by atoms with Crippen molar-refractivity contribution in [3.63, 3.8) is 0 Å². The molecule has 0 spiro atoms. The Labute approximate surface area is 117 Å². The van der Waals surface area contributed by atoms with Crippen LogP contribution in [0.2, 0.25) is 0 Å². The van der Waals surface area contributed by atoms with Crippen molar-refractivity contribution in [1.82, 2.24) is 19.4 Å². The van der Waals surface area contributed by atoms with Gasteiger partial charge in [0.25, 0.3) is 0 Å². The van der Waals surface area contributed by atoms with Crippen molar-refractivity contribution in [2.75, 3.05) is 33.7 Å². The molecule has 1 N–H and O–H groups in total. The Morgan fingerprint density at radius 2 is 2.30 bits per heavy atom. The second-order valence-electron chi connectivity index (χ2n) is 5.56. The smallest absolute Gasteiger partial charge is 0.347 e. The first-order valence-corrected chi connectivity index (χ1v) is 6.56. The number of carbonyl (C=O) groups is 1. The Morgan fingerprint density at radius 1 is 1.55 bits per heavy atom. The Balaban J connectivity index is 1.98. The number of aliphatic hydroxyl groups is 1. The van der Waals surface area contributed by atoms with Gasteiger partial charge in [0.05, 0.1) is 12.1 Å². The first-order chi connectivity index (χ1) is 9.39. The van der Waals surface area contributed by atoms with Crippen LogP contribution in [0.25, 0.3) is 0 Å². The van der Waals surface area contributed by atoms with Crippen molar-refractivity contribution < 1.29 is 9.90 Å². The van der Waals surface area contributed by atoms with E-state index in [1.54, 1.807) is 11.0 Å². The lowest BCUT2D eigenvalue weighted by Crippen LogP contribution is -2.44. The highest BCUT2D eigenvalue weighted by molar-refractivity contribution is 5.76. The zero-order valence-corrected chi connectivity index (χ0v) is 11.8. The van der Waals surface area contributed by atoms with Crippen molar-refractivity contribution in [1.29, 1.82) is 0 Å². The van der Waals surface area contributed by atoms with Gasteiger partial charge in [0.1, 0.15) is 6.54 Å². The molecule has 1 fully saturated rings. The fourth-order valence-corrected chi connectivity index (χ4v) is 2.54. The Morgan fingerprint density at radius 3 is 2.95 bits per heavy atom. The van der Waals surface area contributed by atoms with Gasteiger partial charge in [0.15, 0.2) is 0 Å². The standard InChI is InChI=1S/C13H20N4O3/c1-15(2)9-13(20)4-7-17(10-13)11(18)8-16-6-3-5-14-12(16)19/h3,5-6,20H,4,7-10H2,1-2H3/t13-/m1/s1. The monoisotopic (exact) mass is 280 g/mol. The van der Waals surface area contributed by atoms with E-state index in [9.17, 15) is 14.7 Å². The zero-order chi connectivity index (χ0) is 14.8. The minimum atomic E-state index is -0.862. The average Bonchev–Trinajstić information content (AvgIpc) is 2.73. The molecule has 1 aromatic rings. The normalized spacial score (nSPS) is 22.5. The summed E-state index contributed by atoms with van der Waals surface area (Å²) in [5.74, 6) is -0.171. The molecule has 0 aromatic carbocycles. The van der Waals surface area contributed by atoms with Gasteiger partial charge in [-0.3, -0.25) is 9.36 Å². The van der Waals surface area contributed by atoms with E-state index in [2.05, 4.69) is 4.98 Å². The number of nitrogens with zero attached hydrogens (tertiary/aromatic N) is 4. The number of hydrogen-bond acceptors (Lipinski definition) is 5. The van der Waals surface area contributed by atoms with Gasteiger partial charge in [-0.15, -0.1) is 0 Å². The third-order valence-electron chi connectivity index (χ3n) is 3.38. The van der Waals surface area contributed by atoms with Gasteiger partial charge in [0, 0.05) is 25.5 Å². The second-order valence-corrected chi connectivity index (χ2v) is 5.56. The molecule has 1 saturated heterocycles. The lowest BCUT2D eigenvalue weighted by atomic mass is 10.0. The molecule has 0 saturated carbocycles. The zero-order valence-electron chi connectivity index (χ0n) is 11.8. The molecular formula is C13H20N4O3. The summed E-state index contributed by atoms with van der Waals surface area (Å²) in [4.78, 5) is 30.7. The topological polar surface area (TPSA) is 78.7 Å². The molecule has 2 rings (SSSR count). The Kier molecular flexibility index (Phi) is 4.20. The van der Waals surface area contributed by atoms with Gasteiger partial charge in [-0.05, 0) is 26.6 Å². The molecule has 7 heteroatoms. The first kappa shape index (κ1) is 14.7. The molecule has 0 bridgehead atoms. The highest BCUT2D eigenvalue weighted by atomic mass is 16.3. The van der Waals surface area contributed by atoms with Crippen LogP contribution < -0.4 is 5.69 Å². The molecule has 1 atom stereocenters. The van der Waals surface area contributed by atoms with Crippen molar-refractivity contribution >= 4 is 5.91 Å². The minimum absolute atomic E-state index is 0.0370. The third-order valence-corrected chi connectivity index (χ3v) is 3.38. The highest BCUT2D eigenvalue weighted by Gasteiger charge is 2.38. The van der Waals surface area contributed by atoms with E-state index in [0.717, 1.165) is 0 Å². The predicted molar refractivity (Wildman–Crippen MR) is 73.2 cm³/mol. The summed E-state index contributed by atoms with van der Waals surface area (Å²) in [5, 5.41) is 10.4. The summed E-state index contributed by atoms with van der Waals surface area (Å²) in [6.07, 6.45) is 3.49. The molecule has 1 aromatic heterocycles. The van der Waals surface area contributed by atoms with Crippen LogP contribution in [0.5, 0.6) is 0 Å². The van der Waals surface area contributed by atoms with Crippen LogP contribution in [0.1, 0.15) is 6.42 Å². The van der Waals surface area contributed by atoms with E-state index in [4.69, 9.17) is 0 Å². The number of amides is 1. The highest BCUT2D eigenvalue weighted by Crippen LogP contribution is 2.22. The van der Waals surface area contributed by atoms with Crippen LogP contribution in [0.3, 0.4) is 0 Å². The number of carbonyl (C=O) groups excluding carboxylic acids is 1. The maximum absolute atomic E-state index is 12.2. The maximum atomic E-state index is 12.2. The second kappa shape index (κ2) is 5.72. The lowest BCUT2D eigenvalue weighted by Gasteiger charge is -2.26. The summed E-state index contributed by atoms with van der Waals surface area (Å²) >= 11 is 0. The fraction of sp³-hybridized carbons (Fsp3) is 0.615. The molecular weight excluding hydrogens is 260 g/mol. The number of rotatable bonds is 4. The van der Waals surface area contributed by atoms with E-state index in [0.29, 0.717) is 26.1 Å². The number of aromatic nitrogens is 2. The number of likely N-dealkylation sites (N-methyl/N-ethyl adjacent to an activating group) is 1. The van der Waals surface area contributed by atoms with Crippen LogP contribution >= 0.6 is 0 Å². The molecule has 0 radical (unpaired) electrons. The number of likely N-dealkylation sites (tertiary alicyclic amines) is 1. The minimum Gasteiger partial charge on any atom is -0.387 e. The van der Waals surface area contributed by atoms with Crippen molar-refractivity contribution in [3.05, 3.63) is 28.9 Å². The average molecular weight is 280 g/mol. The van der Waals surface area contributed by atoms with Gasteiger partial charge < -0.3 is 14.9 Å². The van der Waals surface area contributed by atoms with E-state index in [-0.39, 0.29) is 12.5 Å². The summed E-state index contributed by atoms with van der Waals surface area (Å²) < 4.78 is 1.27. The van der Waals surface area contributed by atoms with Gasteiger partial charge >= 0.3 is 5.69 Å². The molecule has 1 aliphatic rings.